The van der Waals surface area contributed by atoms with Gasteiger partial charge in [0, 0.05) is 10.6 Å². The predicted octanol–water partition coefficient (Wildman–Crippen LogP) is 3.60. The van der Waals surface area contributed by atoms with Crippen LogP contribution < -0.4 is 15.4 Å². The molecule has 1 heterocycles. The van der Waals surface area contributed by atoms with Gasteiger partial charge in [0.05, 0.1) is 25.2 Å². The Kier molecular flexibility index (Phi) is 5.05. The first-order valence-corrected chi connectivity index (χ1v) is 7.41. The molecule has 0 aliphatic heterocycles. The van der Waals surface area contributed by atoms with Crippen LogP contribution in [-0.4, -0.2) is 28.5 Å². The van der Waals surface area contributed by atoms with E-state index in [-0.39, 0.29) is 17.1 Å². The van der Waals surface area contributed by atoms with Crippen molar-refractivity contribution in [3.8, 4) is 5.75 Å². The minimum Gasteiger partial charge on any atom is -0.495 e. The van der Waals surface area contributed by atoms with Crippen LogP contribution in [-0.2, 0) is 0 Å². The number of methoxy groups -OCH3 is 1. The van der Waals surface area contributed by atoms with Crippen LogP contribution in [0.2, 0.25) is 5.02 Å². The summed E-state index contributed by atoms with van der Waals surface area (Å²) in [5.41, 5.74) is 0.544. The van der Waals surface area contributed by atoms with Crippen LogP contribution in [0, 0.1) is 0 Å². The number of benzene rings is 1. The number of nitrogens with zero attached hydrogens (tertiary/aromatic N) is 2. The highest BCUT2D eigenvalue weighted by atomic mass is 35.5. The van der Waals surface area contributed by atoms with E-state index in [9.17, 15) is 4.79 Å². The van der Waals surface area contributed by atoms with Gasteiger partial charge in [-0.05, 0) is 39.0 Å². The van der Waals surface area contributed by atoms with Crippen LogP contribution in [0.5, 0.6) is 5.75 Å². The first-order chi connectivity index (χ1) is 10.8. The van der Waals surface area contributed by atoms with Gasteiger partial charge in [-0.2, -0.15) is 0 Å². The van der Waals surface area contributed by atoms with Crippen molar-refractivity contribution in [1.29, 1.82) is 0 Å². The van der Waals surface area contributed by atoms with Gasteiger partial charge in [0.1, 0.15) is 17.3 Å². The van der Waals surface area contributed by atoms with Gasteiger partial charge < -0.3 is 15.4 Å². The molecule has 0 aliphatic carbocycles. The largest absolute Gasteiger partial charge is 0.495 e. The van der Waals surface area contributed by atoms with E-state index in [1.807, 2.05) is 20.8 Å². The Bertz CT molecular complexity index is 696. The Hall–Kier alpha value is -2.34. The van der Waals surface area contributed by atoms with Crippen molar-refractivity contribution >= 4 is 29.0 Å². The first-order valence-electron chi connectivity index (χ1n) is 7.03. The molecule has 23 heavy (non-hydrogen) atoms. The molecule has 0 saturated carbocycles. The Labute approximate surface area is 140 Å². The number of anilines is 2. The minimum absolute atomic E-state index is 0.132. The zero-order valence-corrected chi connectivity index (χ0v) is 14.2. The number of carbonyl (C=O) groups excluding carboxylic acids is 1. The summed E-state index contributed by atoms with van der Waals surface area (Å²) in [5, 5.41) is 6.39. The molecule has 2 N–H and O–H groups in total. The number of hydrogen-bond acceptors (Lipinski definition) is 5. The van der Waals surface area contributed by atoms with E-state index >= 15 is 0 Å². The van der Waals surface area contributed by atoms with E-state index in [1.54, 1.807) is 18.2 Å². The normalized spacial score (nSPS) is 11.0. The summed E-state index contributed by atoms with van der Waals surface area (Å²) in [4.78, 5) is 20.6. The van der Waals surface area contributed by atoms with E-state index in [2.05, 4.69) is 20.6 Å². The first kappa shape index (κ1) is 17.0. The van der Waals surface area contributed by atoms with Crippen molar-refractivity contribution in [2.45, 2.75) is 26.3 Å². The van der Waals surface area contributed by atoms with Gasteiger partial charge in [0.25, 0.3) is 5.91 Å². The summed E-state index contributed by atoms with van der Waals surface area (Å²) >= 11 is 5.94. The van der Waals surface area contributed by atoms with Crippen LogP contribution in [0.25, 0.3) is 0 Å². The highest BCUT2D eigenvalue weighted by Gasteiger charge is 2.14. The monoisotopic (exact) mass is 334 g/mol. The molecular weight excluding hydrogens is 316 g/mol. The number of nitrogens with one attached hydrogen (secondary N) is 2. The van der Waals surface area contributed by atoms with Crippen molar-refractivity contribution in [2.75, 3.05) is 17.7 Å². The van der Waals surface area contributed by atoms with E-state index in [0.29, 0.717) is 22.3 Å². The number of hydrogen-bond donors (Lipinski definition) is 2. The second-order valence-corrected chi connectivity index (χ2v) is 6.40. The molecule has 0 radical (unpaired) electrons. The average molecular weight is 335 g/mol. The van der Waals surface area contributed by atoms with Crippen LogP contribution >= 0.6 is 11.6 Å². The average Bonchev–Trinajstić information content (AvgIpc) is 2.46. The quantitative estimate of drug-likeness (QED) is 0.893. The summed E-state index contributed by atoms with van der Waals surface area (Å²) in [7, 11) is 1.52. The predicted molar refractivity (Wildman–Crippen MR) is 91.4 cm³/mol. The summed E-state index contributed by atoms with van der Waals surface area (Å²) in [6, 6.07) is 4.98. The van der Waals surface area contributed by atoms with E-state index in [0.717, 1.165) is 0 Å². The van der Waals surface area contributed by atoms with Crippen LogP contribution in [0.3, 0.4) is 0 Å². The van der Waals surface area contributed by atoms with Gasteiger partial charge in [-0.25, -0.2) is 9.97 Å². The molecule has 2 aromatic rings. The maximum Gasteiger partial charge on any atom is 0.275 e. The minimum atomic E-state index is -0.389. The molecule has 1 amide bonds. The van der Waals surface area contributed by atoms with Gasteiger partial charge in [-0.1, -0.05) is 11.6 Å². The number of carbonyl (C=O) groups is 1. The number of ether oxygens (including phenoxy) is 1. The van der Waals surface area contributed by atoms with Gasteiger partial charge in [0.15, 0.2) is 0 Å². The molecule has 6 nitrogen and oxygen atoms in total. The summed E-state index contributed by atoms with van der Waals surface area (Å²) in [5.74, 6) is 0.733. The third kappa shape index (κ3) is 4.82. The van der Waals surface area contributed by atoms with Crippen LogP contribution in [0.1, 0.15) is 31.3 Å². The molecular formula is C16H19ClN4O2. The van der Waals surface area contributed by atoms with Crippen molar-refractivity contribution in [2.24, 2.45) is 0 Å². The molecule has 1 aromatic heterocycles. The van der Waals surface area contributed by atoms with Crippen LogP contribution in [0.4, 0.5) is 11.5 Å². The van der Waals surface area contributed by atoms with Gasteiger partial charge >= 0.3 is 0 Å². The Morgan fingerprint density at radius 1 is 1.22 bits per heavy atom. The van der Waals surface area contributed by atoms with Gasteiger partial charge in [-0.3, -0.25) is 4.79 Å². The van der Waals surface area contributed by atoms with Crippen molar-refractivity contribution < 1.29 is 9.53 Å². The Morgan fingerprint density at radius 3 is 2.52 bits per heavy atom. The SMILES string of the molecule is COc1ccc(Cl)cc1NC(=O)c1cnc(NC(C)(C)C)cn1. The smallest absolute Gasteiger partial charge is 0.275 e. The molecule has 0 saturated heterocycles. The molecule has 0 atom stereocenters. The molecule has 0 spiro atoms. The zero-order chi connectivity index (χ0) is 17.0. The highest BCUT2D eigenvalue weighted by molar-refractivity contribution is 6.31. The van der Waals surface area contributed by atoms with Crippen molar-refractivity contribution in [3.63, 3.8) is 0 Å². The third-order valence-corrected chi connectivity index (χ3v) is 3.03. The number of rotatable bonds is 4. The number of aromatic nitrogens is 2. The second kappa shape index (κ2) is 6.83. The molecule has 0 aliphatic rings. The van der Waals surface area contributed by atoms with E-state index in [1.165, 1.54) is 19.5 Å². The maximum atomic E-state index is 12.3. The number of amides is 1. The molecule has 0 bridgehead atoms. The fraction of sp³-hybridized carbons (Fsp3) is 0.312. The Balaban J connectivity index is 2.14. The molecule has 122 valence electrons. The van der Waals surface area contributed by atoms with Crippen molar-refractivity contribution in [3.05, 3.63) is 41.3 Å². The summed E-state index contributed by atoms with van der Waals surface area (Å²) < 4.78 is 5.19. The maximum absolute atomic E-state index is 12.3. The third-order valence-electron chi connectivity index (χ3n) is 2.80. The fourth-order valence-corrected chi connectivity index (χ4v) is 2.03. The number of halogens is 1. The lowest BCUT2D eigenvalue weighted by molar-refractivity contribution is 0.102. The van der Waals surface area contributed by atoms with Crippen molar-refractivity contribution in [1.82, 2.24) is 9.97 Å². The topological polar surface area (TPSA) is 76.1 Å². The molecule has 7 heteroatoms. The van der Waals surface area contributed by atoms with Gasteiger partial charge in [-0.15, -0.1) is 0 Å². The summed E-state index contributed by atoms with van der Waals surface area (Å²) in [6.07, 6.45) is 2.94. The zero-order valence-electron chi connectivity index (χ0n) is 13.5. The molecule has 1 aromatic carbocycles. The lowest BCUT2D eigenvalue weighted by atomic mass is 10.1. The molecule has 0 fully saturated rings. The molecule has 0 unspecified atom stereocenters. The Morgan fingerprint density at radius 2 is 1.96 bits per heavy atom. The van der Waals surface area contributed by atoms with E-state index < -0.39 is 0 Å². The highest BCUT2D eigenvalue weighted by Crippen LogP contribution is 2.27. The molecule has 2 rings (SSSR count). The van der Waals surface area contributed by atoms with E-state index in [4.69, 9.17) is 16.3 Å². The summed E-state index contributed by atoms with van der Waals surface area (Å²) in [6.45, 7) is 6.04. The lowest BCUT2D eigenvalue weighted by Crippen LogP contribution is -2.27. The second-order valence-electron chi connectivity index (χ2n) is 5.96. The lowest BCUT2D eigenvalue weighted by Gasteiger charge is -2.20. The van der Waals surface area contributed by atoms with Crippen LogP contribution in [0.15, 0.2) is 30.6 Å². The standard InChI is InChI=1S/C16H19ClN4O2/c1-16(2,3)21-14-9-18-12(8-19-14)15(22)20-11-7-10(17)5-6-13(11)23-4/h5-9H,1-4H3,(H,19,21)(H,20,22). The van der Waals surface area contributed by atoms with Gasteiger partial charge in [0.2, 0.25) is 0 Å². The fourth-order valence-electron chi connectivity index (χ4n) is 1.86.